The number of rotatable bonds is 4. The van der Waals surface area contributed by atoms with Crippen molar-refractivity contribution in [2.24, 2.45) is 10.4 Å². The molecule has 0 aromatic carbocycles. The molecule has 0 saturated carbocycles. The summed E-state index contributed by atoms with van der Waals surface area (Å²) in [7, 11) is 0. The van der Waals surface area contributed by atoms with Crippen molar-refractivity contribution in [2.75, 3.05) is 6.61 Å². The monoisotopic (exact) mass is 326 g/mol. The van der Waals surface area contributed by atoms with Crippen LogP contribution in [0, 0.1) is 5.41 Å². The number of ether oxygens (including phenoxy) is 1. The highest BCUT2D eigenvalue weighted by Gasteiger charge is 2.17. The average molecular weight is 327 g/mol. The SMILES string of the molecule is CCCCc1cn(C(C)(C)C)sc1=NC(=O)OCC(C)(C)C. The minimum Gasteiger partial charge on any atom is -0.447 e. The van der Waals surface area contributed by atoms with E-state index >= 15 is 0 Å². The molecule has 0 spiro atoms. The summed E-state index contributed by atoms with van der Waals surface area (Å²) >= 11 is 1.53. The van der Waals surface area contributed by atoms with Gasteiger partial charge in [0, 0.05) is 17.3 Å². The van der Waals surface area contributed by atoms with Crippen LogP contribution in [-0.2, 0) is 16.7 Å². The first-order valence-electron chi connectivity index (χ1n) is 7.97. The van der Waals surface area contributed by atoms with Gasteiger partial charge >= 0.3 is 6.09 Å². The summed E-state index contributed by atoms with van der Waals surface area (Å²) in [5.74, 6) is 0. The first kappa shape index (κ1) is 18.9. The first-order valence-corrected chi connectivity index (χ1v) is 8.74. The van der Waals surface area contributed by atoms with Crippen molar-refractivity contribution in [2.45, 2.75) is 73.3 Å². The van der Waals surface area contributed by atoms with Crippen molar-refractivity contribution < 1.29 is 9.53 Å². The molecule has 1 aromatic rings. The third-order valence-corrected chi connectivity index (χ3v) is 4.39. The van der Waals surface area contributed by atoms with Gasteiger partial charge < -0.3 is 4.74 Å². The van der Waals surface area contributed by atoms with Crippen LogP contribution in [0.4, 0.5) is 4.79 Å². The highest BCUT2D eigenvalue weighted by molar-refractivity contribution is 7.04. The molecule has 1 rings (SSSR count). The minimum absolute atomic E-state index is 0.00524. The second-order valence-electron chi connectivity index (χ2n) is 7.88. The van der Waals surface area contributed by atoms with Crippen molar-refractivity contribution in [3.8, 4) is 0 Å². The quantitative estimate of drug-likeness (QED) is 0.802. The number of unbranched alkanes of at least 4 members (excludes halogenated alkanes) is 1. The summed E-state index contributed by atoms with van der Waals surface area (Å²) in [6, 6.07) is 0. The molecule has 0 aliphatic carbocycles. The van der Waals surface area contributed by atoms with E-state index in [9.17, 15) is 4.79 Å². The normalized spacial score (nSPS) is 13.5. The van der Waals surface area contributed by atoms with Crippen LogP contribution in [0.25, 0.3) is 0 Å². The standard InChI is InChI=1S/C17H30N2O2S/c1-8-9-10-13-11-19(17(5,6)7)22-14(13)18-15(20)21-12-16(2,3)4/h11H,8-10,12H2,1-7H3. The van der Waals surface area contributed by atoms with Crippen LogP contribution in [0.5, 0.6) is 0 Å². The van der Waals surface area contributed by atoms with Gasteiger partial charge in [-0.25, -0.2) is 4.79 Å². The van der Waals surface area contributed by atoms with Gasteiger partial charge in [0.15, 0.2) is 0 Å². The fourth-order valence-corrected chi connectivity index (χ4v) is 2.76. The van der Waals surface area contributed by atoms with E-state index < -0.39 is 6.09 Å². The maximum Gasteiger partial charge on any atom is 0.435 e. The summed E-state index contributed by atoms with van der Waals surface area (Å²) in [5, 5.41) is 0. The van der Waals surface area contributed by atoms with Gasteiger partial charge in [0.2, 0.25) is 0 Å². The number of aromatic nitrogens is 1. The maximum atomic E-state index is 12.0. The molecule has 22 heavy (non-hydrogen) atoms. The van der Waals surface area contributed by atoms with Crippen LogP contribution in [0.15, 0.2) is 11.2 Å². The van der Waals surface area contributed by atoms with Gasteiger partial charge in [-0.1, -0.05) is 34.1 Å². The number of carbonyl (C=O) groups excluding carboxylic acids is 1. The molecule has 1 aromatic heterocycles. The molecule has 0 saturated heterocycles. The molecule has 4 nitrogen and oxygen atoms in total. The van der Waals surface area contributed by atoms with Crippen molar-refractivity contribution in [1.29, 1.82) is 0 Å². The van der Waals surface area contributed by atoms with E-state index in [0.29, 0.717) is 6.61 Å². The Morgan fingerprint density at radius 3 is 2.41 bits per heavy atom. The number of hydrogen-bond donors (Lipinski definition) is 0. The topological polar surface area (TPSA) is 43.6 Å². The molecule has 0 fully saturated rings. The van der Waals surface area contributed by atoms with Crippen LogP contribution in [0.2, 0.25) is 0 Å². The highest BCUT2D eigenvalue weighted by Crippen LogP contribution is 2.18. The number of hydrogen-bond acceptors (Lipinski definition) is 3. The van der Waals surface area contributed by atoms with Gasteiger partial charge in [-0.15, -0.1) is 0 Å². The number of aryl methyl sites for hydroxylation is 1. The van der Waals surface area contributed by atoms with Crippen LogP contribution in [0.1, 0.15) is 66.9 Å². The lowest BCUT2D eigenvalue weighted by Gasteiger charge is -2.19. The van der Waals surface area contributed by atoms with Gasteiger partial charge in [-0.3, -0.25) is 3.96 Å². The fourth-order valence-electron chi connectivity index (χ4n) is 1.73. The maximum absolute atomic E-state index is 12.0. The van der Waals surface area contributed by atoms with E-state index in [1.807, 2.05) is 20.8 Å². The predicted octanol–water partition coefficient (Wildman–Crippen LogP) is 4.73. The number of carbonyl (C=O) groups is 1. The van der Waals surface area contributed by atoms with E-state index in [2.05, 4.69) is 42.8 Å². The van der Waals surface area contributed by atoms with E-state index in [4.69, 9.17) is 4.74 Å². The molecule has 0 aliphatic heterocycles. The van der Waals surface area contributed by atoms with Crippen molar-refractivity contribution in [1.82, 2.24) is 3.96 Å². The molecule has 0 bridgehead atoms. The summed E-state index contributed by atoms with van der Waals surface area (Å²) in [4.78, 5) is 16.1. The summed E-state index contributed by atoms with van der Waals surface area (Å²) in [6.45, 7) is 15.1. The molecule has 126 valence electrons. The number of nitrogens with zero attached hydrogens (tertiary/aromatic N) is 2. The molecular weight excluding hydrogens is 296 g/mol. The lowest BCUT2D eigenvalue weighted by atomic mass is 9.99. The van der Waals surface area contributed by atoms with Crippen molar-refractivity contribution in [3.05, 3.63) is 16.4 Å². The summed E-state index contributed by atoms with van der Waals surface area (Å²) < 4.78 is 8.20. The molecule has 0 radical (unpaired) electrons. The predicted molar refractivity (Wildman–Crippen MR) is 92.3 cm³/mol. The van der Waals surface area contributed by atoms with Gasteiger partial charge in [-0.05, 0) is 50.6 Å². The third-order valence-electron chi connectivity index (χ3n) is 3.01. The molecule has 0 N–H and O–H groups in total. The molecule has 5 heteroatoms. The van der Waals surface area contributed by atoms with Crippen LogP contribution in [0.3, 0.4) is 0 Å². The molecule has 0 aliphatic rings. The fraction of sp³-hybridized carbons (Fsp3) is 0.765. The Morgan fingerprint density at radius 1 is 1.27 bits per heavy atom. The van der Waals surface area contributed by atoms with Crippen LogP contribution < -0.4 is 4.67 Å². The van der Waals surface area contributed by atoms with Gasteiger partial charge in [0.1, 0.15) is 4.67 Å². The molecule has 1 heterocycles. The Bertz CT molecular complexity index is 556. The summed E-state index contributed by atoms with van der Waals surface area (Å²) in [5.41, 5.74) is 1.08. The van der Waals surface area contributed by atoms with E-state index in [1.165, 1.54) is 11.5 Å². The minimum atomic E-state index is -0.490. The van der Waals surface area contributed by atoms with Gasteiger partial charge in [0.25, 0.3) is 0 Å². The lowest BCUT2D eigenvalue weighted by molar-refractivity contribution is 0.114. The summed E-state index contributed by atoms with van der Waals surface area (Å²) in [6.07, 6.45) is 4.80. The highest BCUT2D eigenvalue weighted by atomic mass is 32.1. The van der Waals surface area contributed by atoms with Crippen LogP contribution >= 0.6 is 11.5 Å². The zero-order chi connectivity index (χ0) is 17.0. The zero-order valence-corrected chi connectivity index (χ0v) is 15.8. The van der Waals surface area contributed by atoms with Gasteiger partial charge in [0.05, 0.1) is 6.61 Å². The Morgan fingerprint density at radius 2 is 1.91 bits per heavy atom. The van der Waals surface area contributed by atoms with Crippen molar-refractivity contribution >= 4 is 17.6 Å². The van der Waals surface area contributed by atoms with Gasteiger partial charge in [-0.2, -0.15) is 4.99 Å². The van der Waals surface area contributed by atoms with E-state index in [1.54, 1.807) is 0 Å². The first-order chi connectivity index (χ1) is 10.0. The molecule has 0 unspecified atom stereocenters. The Labute approximate surface area is 138 Å². The number of amides is 1. The smallest absolute Gasteiger partial charge is 0.435 e. The Balaban J connectivity index is 3.01. The molecular formula is C17H30N2O2S. The Kier molecular flexibility index (Phi) is 6.41. The zero-order valence-electron chi connectivity index (χ0n) is 15.0. The molecule has 0 atom stereocenters. The Hall–Kier alpha value is -1.10. The van der Waals surface area contributed by atoms with E-state index in [-0.39, 0.29) is 11.0 Å². The average Bonchev–Trinajstić information content (AvgIpc) is 2.76. The third kappa shape index (κ3) is 6.34. The van der Waals surface area contributed by atoms with Crippen molar-refractivity contribution in [3.63, 3.8) is 0 Å². The second-order valence-corrected chi connectivity index (χ2v) is 8.84. The van der Waals surface area contributed by atoms with E-state index in [0.717, 1.165) is 29.5 Å². The molecule has 1 amide bonds. The van der Waals surface area contributed by atoms with Crippen LogP contribution in [-0.4, -0.2) is 16.7 Å². The largest absolute Gasteiger partial charge is 0.447 e. The second kappa shape index (κ2) is 7.44. The lowest BCUT2D eigenvalue weighted by Crippen LogP contribution is -2.19.